The summed E-state index contributed by atoms with van der Waals surface area (Å²) in [7, 11) is 3.37. The van der Waals surface area contributed by atoms with E-state index in [1.54, 1.807) is 38.5 Å². The molecule has 34 heavy (non-hydrogen) atoms. The van der Waals surface area contributed by atoms with Gasteiger partial charge in [-0.2, -0.15) is 0 Å². The average Bonchev–Trinajstić information content (AvgIpc) is 3.19. The van der Waals surface area contributed by atoms with Gasteiger partial charge in [-0.05, 0) is 43.4 Å². The molecule has 0 fully saturated rings. The van der Waals surface area contributed by atoms with Crippen LogP contribution >= 0.6 is 0 Å². The van der Waals surface area contributed by atoms with E-state index < -0.39 is 0 Å². The number of hydrogen-bond acceptors (Lipinski definition) is 6. The standard InChI is InChI=1S/C24H33N7O3/c1-16(2)13-18-22-23(26-15-25-18)29-19(28-22)14-31-12-8-9-17(24(31)34)27-20(32)10-6-5-7-11-21(33)30(3)4/h7-9,11-12,16,26H,5-6,10,13-15H2,1-4H3,(H,27,32)(H,28,29)/b11-7+. The first-order valence-electron chi connectivity index (χ1n) is 11.5. The fourth-order valence-electron chi connectivity index (χ4n) is 3.52. The molecule has 3 rings (SSSR count). The number of nitrogens with zero attached hydrogens (tertiary/aromatic N) is 4. The van der Waals surface area contributed by atoms with Crippen molar-refractivity contribution in [3.63, 3.8) is 0 Å². The van der Waals surface area contributed by atoms with Gasteiger partial charge in [0, 0.05) is 26.7 Å². The van der Waals surface area contributed by atoms with E-state index >= 15 is 0 Å². The molecule has 10 heteroatoms. The zero-order valence-electron chi connectivity index (χ0n) is 20.2. The fraction of sp³-hybridized carbons (Fsp3) is 0.458. The summed E-state index contributed by atoms with van der Waals surface area (Å²) >= 11 is 0. The second kappa shape index (κ2) is 11.4. The zero-order chi connectivity index (χ0) is 24.7. The van der Waals surface area contributed by atoms with Crippen LogP contribution in [0.4, 0.5) is 11.5 Å². The van der Waals surface area contributed by atoms with E-state index in [-0.39, 0.29) is 36.0 Å². The van der Waals surface area contributed by atoms with Crippen LogP contribution in [-0.4, -0.2) is 57.7 Å². The number of likely N-dealkylation sites (N-methyl/N-ethyl adjacent to an activating group) is 1. The van der Waals surface area contributed by atoms with Gasteiger partial charge in [-0.25, -0.2) is 4.98 Å². The molecule has 0 saturated heterocycles. The van der Waals surface area contributed by atoms with Crippen molar-refractivity contribution in [1.29, 1.82) is 0 Å². The highest BCUT2D eigenvalue weighted by atomic mass is 16.2. The van der Waals surface area contributed by atoms with Crippen LogP contribution in [0.5, 0.6) is 0 Å². The number of nitrogens with one attached hydrogen (secondary N) is 3. The maximum atomic E-state index is 12.9. The second-order valence-corrected chi connectivity index (χ2v) is 8.88. The molecule has 10 nitrogen and oxygen atoms in total. The number of rotatable bonds is 10. The van der Waals surface area contributed by atoms with Gasteiger partial charge in [-0.15, -0.1) is 0 Å². The van der Waals surface area contributed by atoms with Gasteiger partial charge in [0.05, 0.1) is 12.3 Å². The van der Waals surface area contributed by atoms with Crippen LogP contribution in [-0.2, 0) is 16.1 Å². The molecule has 1 aliphatic heterocycles. The number of aliphatic imine (C=N–C) groups is 1. The summed E-state index contributed by atoms with van der Waals surface area (Å²) in [6.45, 7) is 5.02. The lowest BCUT2D eigenvalue weighted by molar-refractivity contribution is -0.123. The Labute approximate surface area is 199 Å². The summed E-state index contributed by atoms with van der Waals surface area (Å²) < 4.78 is 1.51. The van der Waals surface area contributed by atoms with Crippen LogP contribution in [0, 0.1) is 5.92 Å². The van der Waals surface area contributed by atoms with Gasteiger partial charge in [0.1, 0.15) is 23.9 Å². The highest BCUT2D eigenvalue weighted by Crippen LogP contribution is 2.21. The number of unbranched alkanes of at least 4 members (excludes halogenated alkanes) is 1. The molecule has 0 unspecified atom stereocenters. The summed E-state index contributed by atoms with van der Waals surface area (Å²) in [6, 6.07) is 3.31. The van der Waals surface area contributed by atoms with Crippen molar-refractivity contribution < 1.29 is 9.59 Å². The minimum atomic E-state index is -0.300. The van der Waals surface area contributed by atoms with Crippen molar-refractivity contribution in [2.24, 2.45) is 10.9 Å². The minimum Gasteiger partial charge on any atom is -0.349 e. The predicted octanol–water partition coefficient (Wildman–Crippen LogP) is 2.59. The molecule has 2 aromatic rings. The van der Waals surface area contributed by atoms with E-state index in [4.69, 9.17) is 0 Å². The molecule has 0 aromatic carbocycles. The molecular formula is C24H33N7O3. The Balaban J connectivity index is 1.60. The van der Waals surface area contributed by atoms with Crippen LogP contribution in [0.3, 0.4) is 0 Å². The zero-order valence-corrected chi connectivity index (χ0v) is 20.2. The fourth-order valence-corrected chi connectivity index (χ4v) is 3.52. The molecule has 0 bridgehead atoms. The molecule has 3 heterocycles. The Morgan fingerprint density at radius 2 is 2.12 bits per heavy atom. The van der Waals surface area contributed by atoms with Gasteiger partial charge in [0.2, 0.25) is 11.8 Å². The molecule has 0 aliphatic carbocycles. The molecular weight excluding hydrogens is 434 g/mol. The number of pyridine rings is 1. The van der Waals surface area contributed by atoms with E-state index in [2.05, 4.69) is 39.4 Å². The number of hydrogen-bond donors (Lipinski definition) is 3. The first-order valence-corrected chi connectivity index (χ1v) is 11.5. The highest BCUT2D eigenvalue weighted by molar-refractivity contribution is 6.04. The molecule has 0 saturated carbocycles. The summed E-state index contributed by atoms with van der Waals surface area (Å²) in [4.78, 5) is 50.6. The lowest BCUT2D eigenvalue weighted by atomic mass is 10.0. The van der Waals surface area contributed by atoms with Crippen LogP contribution in [0.1, 0.15) is 51.0 Å². The minimum absolute atomic E-state index is 0.0918. The van der Waals surface area contributed by atoms with Gasteiger partial charge >= 0.3 is 0 Å². The predicted molar refractivity (Wildman–Crippen MR) is 133 cm³/mol. The Morgan fingerprint density at radius 3 is 2.85 bits per heavy atom. The lowest BCUT2D eigenvalue weighted by Crippen LogP contribution is -2.26. The number of allylic oxidation sites excluding steroid dienone is 1. The average molecular weight is 468 g/mol. The number of amides is 2. The number of anilines is 2. The SMILES string of the molecule is CC(C)CC1=NCNc2nc(Cn3cccc(NC(=O)CCC/C=C/C(=O)N(C)C)c3=O)[nH]c21. The van der Waals surface area contributed by atoms with Crippen LogP contribution in [0.25, 0.3) is 0 Å². The number of aromatic nitrogens is 3. The molecule has 2 amide bonds. The van der Waals surface area contributed by atoms with E-state index in [9.17, 15) is 14.4 Å². The third-order valence-corrected chi connectivity index (χ3v) is 5.25. The first kappa shape index (κ1) is 24.9. The van der Waals surface area contributed by atoms with Crippen molar-refractivity contribution >= 4 is 29.0 Å². The van der Waals surface area contributed by atoms with E-state index in [0.717, 1.165) is 23.6 Å². The van der Waals surface area contributed by atoms with Crippen molar-refractivity contribution in [2.45, 2.75) is 46.1 Å². The normalized spacial score (nSPS) is 12.9. The number of carbonyl (C=O) groups excluding carboxylic acids is 2. The number of H-pyrrole nitrogens is 1. The highest BCUT2D eigenvalue weighted by Gasteiger charge is 2.20. The Bertz CT molecular complexity index is 1140. The van der Waals surface area contributed by atoms with Gasteiger partial charge in [-0.1, -0.05) is 19.9 Å². The van der Waals surface area contributed by atoms with Gasteiger partial charge in [0.25, 0.3) is 5.56 Å². The maximum absolute atomic E-state index is 12.9. The van der Waals surface area contributed by atoms with Gasteiger partial charge in [0.15, 0.2) is 5.82 Å². The smallest absolute Gasteiger partial charge is 0.274 e. The molecule has 0 atom stereocenters. The summed E-state index contributed by atoms with van der Waals surface area (Å²) in [5.41, 5.74) is 1.78. The monoisotopic (exact) mass is 467 g/mol. The van der Waals surface area contributed by atoms with Crippen LogP contribution in [0.2, 0.25) is 0 Å². The second-order valence-electron chi connectivity index (χ2n) is 8.88. The van der Waals surface area contributed by atoms with Gasteiger partial charge in [-0.3, -0.25) is 19.4 Å². The third-order valence-electron chi connectivity index (χ3n) is 5.25. The Morgan fingerprint density at radius 1 is 1.32 bits per heavy atom. The largest absolute Gasteiger partial charge is 0.349 e. The van der Waals surface area contributed by atoms with Crippen molar-refractivity contribution in [3.8, 4) is 0 Å². The van der Waals surface area contributed by atoms with Crippen molar-refractivity contribution in [3.05, 3.63) is 52.4 Å². The number of carbonyl (C=O) groups is 2. The van der Waals surface area contributed by atoms with Crippen LogP contribution in [0.15, 0.2) is 40.3 Å². The molecule has 0 spiro atoms. The third kappa shape index (κ3) is 6.66. The van der Waals surface area contributed by atoms with Crippen molar-refractivity contribution in [2.75, 3.05) is 31.4 Å². The van der Waals surface area contributed by atoms with Gasteiger partial charge < -0.3 is 25.1 Å². The molecule has 182 valence electrons. The molecule has 2 aromatic heterocycles. The van der Waals surface area contributed by atoms with Crippen molar-refractivity contribution in [1.82, 2.24) is 19.4 Å². The maximum Gasteiger partial charge on any atom is 0.274 e. The van der Waals surface area contributed by atoms with E-state index in [1.165, 1.54) is 15.5 Å². The summed E-state index contributed by atoms with van der Waals surface area (Å²) in [5, 5.41) is 5.86. The van der Waals surface area contributed by atoms with E-state index in [0.29, 0.717) is 31.3 Å². The topological polar surface area (TPSA) is 124 Å². The lowest BCUT2D eigenvalue weighted by Gasteiger charge is -2.14. The quantitative estimate of drug-likeness (QED) is 0.366. The molecule has 3 N–H and O–H groups in total. The molecule has 1 aliphatic rings. The first-order chi connectivity index (χ1) is 16.2. The van der Waals surface area contributed by atoms with Crippen LogP contribution < -0.4 is 16.2 Å². The van der Waals surface area contributed by atoms with E-state index in [1.807, 2.05) is 0 Å². The Kier molecular flexibility index (Phi) is 8.39. The summed E-state index contributed by atoms with van der Waals surface area (Å²) in [5.74, 6) is 1.52. The molecule has 0 radical (unpaired) electrons. The number of fused-ring (bicyclic) bond motifs is 1. The number of aromatic amines is 1. The number of imidazole rings is 1. The Hall–Kier alpha value is -3.69. The summed E-state index contributed by atoms with van der Waals surface area (Å²) in [6.07, 6.45) is 7.19.